The van der Waals surface area contributed by atoms with Crippen molar-refractivity contribution in [3.63, 3.8) is 0 Å². The quantitative estimate of drug-likeness (QED) is 0.324. The molecule has 1 aliphatic rings. The number of benzene rings is 4. The summed E-state index contributed by atoms with van der Waals surface area (Å²) in [5.41, 5.74) is 5.41. The Morgan fingerprint density at radius 1 is 0.786 bits per heavy atom. The SMILES string of the molecule is Cc1cccc(-c2ccccc2)c1C(=O)Nc1ccccc1C(=O)N(C)c1ccccc1CC(=O)N1CCN(C)CC1. The molecule has 214 valence electrons. The summed E-state index contributed by atoms with van der Waals surface area (Å²) >= 11 is 0. The maximum Gasteiger partial charge on any atom is 0.260 e. The van der Waals surface area contributed by atoms with Gasteiger partial charge in [-0.1, -0.05) is 78.9 Å². The van der Waals surface area contributed by atoms with E-state index in [1.807, 2.05) is 84.6 Å². The van der Waals surface area contributed by atoms with Crippen molar-refractivity contribution >= 4 is 29.1 Å². The molecule has 4 aromatic rings. The Morgan fingerprint density at radius 3 is 2.21 bits per heavy atom. The molecule has 1 fully saturated rings. The van der Waals surface area contributed by atoms with Crippen LogP contribution in [-0.4, -0.2) is 67.8 Å². The van der Waals surface area contributed by atoms with Crippen LogP contribution in [0.1, 0.15) is 31.8 Å². The minimum Gasteiger partial charge on any atom is -0.340 e. The average molecular weight is 561 g/mol. The van der Waals surface area contributed by atoms with E-state index in [2.05, 4.69) is 17.3 Å². The van der Waals surface area contributed by atoms with Crippen LogP contribution in [0.15, 0.2) is 97.1 Å². The molecule has 0 bridgehead atoms. The van der Waals surface area contributed by atoms with Crippen molar-refractivity contribution < 1.29 is 14.4 Å². The van der Waals surface area contributed by atoms with Crippen LogP contribution in [0.25, 0.3) is 11.1 Å². The molecule has 7 nitrogen and oxygen atoms in total. The van der Waals surface area contributed by atoms with Gasteiger partial charge in [-0.25, -0.2) is 0 Å². The summed E-state index contributed by atoms with van der Waals surface area (Å²) in [6.07, 6.45) is 0.214. The van der Waals surface area contributed by atoms with Gasteiger partial charge in [0.2, 0.25) is 5.91 Å². The Hall–Kier alpha value is -4.75. The van der Waals surface area contributed by atoms with E-state index in [1.54, 1.807) is 36.2 Å². The summed E-state index contributed by atoms with van der Waals surface area (Å²) in [4.78, 5) is 46.4. The predicted octanol–water partition coefficient (Wildman–Crippen LogP) is 5.51. The Kier molecular flexibility index (Phi) is 8.79. The van der Waals surface area contributed by atoms with Gasteiger partial charge in [0.25, 0.3) is 11.8 Å². The monoisotopic (exact) mass is 560 g/mol. The number of aryl methyl sites for hydroxylation is 1. The normalized spacial score (nSPS) is 13.5. The summed E-state index contributed by atoms with van der Waals surface area (Å²) in [5, 5.41) is 3.01. The van der Waals surface area contributed by atoms with Crippen LogP contribution in [0.3, 0.4) is 0 Å². The Balaban J connectivity index is 1.39. The number of nitrogens with zero attached hydrogens (tertiary/aromatic N) is 3. The largest absolute Gasteiger partial charge is 0.340 e. The molecule has 0 aliphatic carbocycles. The number of piperazine rings is 1. The molecule has 3 amide bonds. The van der Waals surface area contributed by atoms with Crippen LogP contribution in [-0.2, 0) is 11.2 Å². The average Bonchev–Trinajstić information content (AvgIpc) is 3.01. The molecule has 7 heteroatoms. The fourth-order valence-corrected chi connectivity index (χ4v) is 5.40. The maximum atomic E-state index is 13.9. The molecule has 0 radical (unpaired) electrons. The first-order valence-corrected chi connectivity index (χ1v) is 14.2. The van der Waals surface area contributed by atoms with Gasteiger partial charge >= 0.3 is 0 Å². The Labute approximate surface area is 247 Å². The van der Waals surface area contributed by atoms with Gasteiger partial charge in [-0.05, 0) is 54.4 Å². The highest BCUT2D eigenvalue weighted by atomic mass is 16.2. The molecule has 0 saturated carbocycles. The van der Waals surface area contributed by atoms with E-state index in [-0.39, 0.29) is 24.1 Å². The lowest BCUT2D eigenvalue weighted by Crippen LogP contribution is -2.47. The molecule has 1 N–H and O–H groups in total. The third kappa shape index (κ3) is 6.26. The predicted molar refractivity (Wildman–Crippen MR) is 168 cm³/mol. The molecule has 4 aromatic carbocycles. The van der Waals surface area contributed by atoms with E-state index < -0.39 is 0 Å². The summed E-state index contributed by atoms with van der Waals surface area (Å²) in [6, 6.07) is 30.1. The van der Waals surface area contributed by atoms with E-state index in [0.29, 0.717) is 35.6 Å². The number of anilines is 2. The van der Waals surface area contributed by atoms with Gasteiger partial charge in [0.05, 0.1) is 23.2 Å². The van der Waals surface area contributed by atoms with Crippen LogP contribution < -0.4 is 10.2 Å². The fourth-order valence-electron chi connectivity index (χ4n) is 5.40. The van der Waals surface area contributed by atoms with Crippen LogP contribution in [0.5, 0.6) is 0 Å². The fraction of sp³-hybridized carbons (Fsp3) is 0.229. The lowest BCUT2D eigenvalue weighted by Gasteiger charge is -2.32. The first-order chi connectivity index (χ1) is 20.3. The van der Waals surface area contributed by atoms with Crippen molar-refractivity contribution in [3.8, 4) is 11.1 Å². The number of carbonyl (C=O) groups is 3. The third-order valence-electron chi connectivity index (χ3n) is 7.85. The second kappa shape index (κ2) is 12.8. The number of rotatable bonds is 7. The number of likely N-dealkylation sites (N-methyl/N-ethyl adjacent to an activating group) is 1. The molecule has 0 spiro atoms. The summed E-state index contributed by atoms with van der Waals surface area (Å²) in [6.45, 7) is 5.01. The number of carbonyl (C=O) groups excluding carboxylic acids is 3. The van der Waals surface area contributed by atoms with Crippen molar-refractivity contribution in [2.75, 3.05) is 50.5 Å². The summed E-state index contributed by atoms with van der Waals surface area (Å²) < 4.78 is 0. The van der Waals surface area contributed by atoms with Crippen LogP contribution in [0.2, 0.25) is 0 Å². The number of nitrogens with one attached hydrogen (secondary N) is 1. The van der Waals surface area contributed by atoms with E-state index in [0.717, 1.165) is 35.3 Å². The smallest absolute Gasteiger partial charge is 0.260 e. The zero-order valence-electron chi connectivity index (χ0n) is 24.3. The van der Waals surface area contributed by atoms with Gasteiger partial charge in [-0.15, -0.1) is 0 Å². The van der Waals surface area contributed by atoms with E-state index in [9.17, 15) is 14.4 Å². The summed E-state index contributed by atoms with van der Waals surface area (Å²) in [5.74, 6) is -0.511. The van der Waals surface area contributed by atoms with Gasteiger partial charge in [0.15, 0.2) is 0 Å². The molecule has 1 saturated heterocycles. The molecule has 0 aromatic heterocycles. The van der Waals surface area contributed by atoms with Gasteiger partial charge in [0, 0.05) is 38.9 Å². The van der Waals surface area contributed by atoms with Gasteiger partial charge in [0.1, 0.15) is 0 Å². The van der Waals surface area contributed by atoms with Gasteiger partial charge < -0.3 is 20.0 Å². The van der Waals surface area contributed by atoms with Crippen molar-refractivity contribution in [1.82, 2.24) is 9.80 Å². The third-order valence-corrected chi connectivity index (χ3v) is 7.85. The molecule has 1 heterocycles. The molecular formula is C35H36N4O3. The van der Waals surface area contributed by atoms with Crippen LogP contribution in [0, 0.1) is 6.92 Å². The number of para-hydroxylation sites is 2. The standard InChI is InChI=1S/C35H36N4O3/c1-25-12-11-17-28(26-13-5-4-6-14-26)33(25)34(41)36-30-18-9-8-16-29(30)35(42)38(3)31-19-10-7-15-27(31)24-32(40)39-22-20-37(2)21-23-39/h4-19H,20-24H2,1-3H3,(H,36,41). The lowest BCUT2D eigenvalue weighted by atomic mass is 9.95. The first-order valence-electron chi connectivity index (χ1n) is 14.2. The molecule has 1 aliphatic heterocycles. The molecule has 0 unspecified atom stereocenters. The van der Waals surface area contributed by atoms with E-state index in [4.69, 9.17) is 0 Å². The van der Waals surface area contributed by atoms with Crippen LogP contribution >= 0.6 is 0 Å². The van der Waals surface area contributed by atoms with Crippen molar-refractivity contribution in [2.24, 2.45) is 0 Å². The number of hydrogen-bond donors (Lipinski definition) is 1. The van der Waals surface area contributed by atoms with Crippen molar-refractivity contribution in [2.45, 2.75) is 13.3 Å². The number of hydrogen-bond acceptors (Lipinski definition) is 4. The molecule has 5 rings (SSSR count). The zero-order chi connectivity index (χ0) is 29.6. The van der Waals surface area contributed by atoms with Gasteiger partial charge in [-0.2, -0.15) is 0 Å². The van der Waals surface area contributed by atoms with E-state index >= 15 is 0 Å². The zero-order valence-corrected chi connectivity index (χ0v) is 24.3. The second-order valence-corrected chi connectivity index (χ2v) is 10.7. The maximum absolute atomic E-state index is 13.9. The highest BCUT2D eigenvalue weighted by molar-refractivity contribution is 6.15. The molecular weight excluding hydrogens is 524 g/mol. The minimum atomic E-state index is -0.284. The Morgan fingerprint density at radius 2 is 1.45 bits per heavy atom. The van der Waals surface area contributed by atoms with Crippen molar-refractivity contribution in [1.29, 1.82) is 0 Å². The molecule has 0 atom stereocenters. The molecule has 42 heavy (non-hydrogen) atoms. The van der Waals surface area contributed by atoms with E-state index in [1.165, 1.54) is 0 Å². The van der Waals surface area contributed by atoms with Crippen LogP contribution in [0.4, 0.5) is 11.4 Å². The topological polar surface area (TPSA) is 73.0 Å². The summed E-state index contributed by atoms with van der Waals surface area (Å²) in [7, 11) is 3.76. The highest BCUT2D eigenvalue weighted by Gasteiger charge is 2.24. The highest BCUT2D eigenvalue weighted by Crippen LogP contribution is 2.29. The first kappa shape index (κ1) is 28.8. The number of amides is 3. The lowest BCUT2D eigenvalue weighted by molar-refractivity contribution is -0.132. The second-order valence-electron chi connectivity index (χ2n) is 10.7. The van der Waals surface area contributed by atoms with Crippen molar-refractivity contribution in [3.05, 3.63) is 119 Å². The Bertz CT molecular complexity index is 1590. The minimum absolute atomic E-state index is 0.0523. The van der Waals surface area contributed by atoms with Gasteiger partial charge in [-0.3, -0.25) is 14.4 Å².